The molecule has 4 heteroatoms. The van der Waals surface area contributed by atoms with E-state index in [4.69, 9.17) is 9.84 Å². The number of benzene rings is 2. The van der Waals surface area contributed by atoms with E-state index in [-0.39, 0.29) is 11.8 Å². The Bertz CT molecular complexity index is 742. The highest BCUT2D eigenvalue weighted by atomic mass is 16.5. The minimum atomic E-state index is -0.897. The lowest BCUT2D eigenvalue weighted by Gasteiger charge is -2.17. The quantitative estimate of drug-likeness (QED) is 0.819. The second-order valence-corrected chi connectivity index (χ2v) is 6.42. The summed E-state index contributed by atoms with van der Waals surface area (Å²) in [5.41, 5.74) is 2.46. The van der Waals surface area contributed by atoms with Crippen LogP contribution in [-0.2, 0) is 11.3 Å². The summed E-state index contributed by atoms with van der Waals surface area (Å²) in [6, 6.07) is 18.4. The Labute approximate surface area is 148 Å². The summed E-state index contributed by atoms with van der Waals surface area (Å²) < 4.78 is 5.34. The van der Waals surface area contributed by atoms with Gasteiger partial charge in [-0.2, -0.15) is 0 Å². The van der Waals surface area contributed by atoms with Crippen LogP contribution in [0.3, 0.4) is 0 Å². The number of ether oxygens (including phenoxy) is 1. The lowest BCUT2D eigenvalue weighted by molar-refractivity contribution is -0.131. The van der Waals surface area contributed by atoms with Crippen LogP contribution in [0.4, 0.5) is 0 Å². The van der Waals surface area contributed by atoms with E-state index in [0.29, 0.717) is 0 Å². The Kier molecular flexibility index (Phi) is 5.51. The van der Waals surface area contributed by atoms with Crippen LogP contribution in [-0.4, -0.2) is 36.2 Å². The van der Waals surface area contributed by atoms with Crippen molar-refractivity contribution in [3.05, 3.63) is 77.9 Å². The van der Waals surface area contributed by atoms with Gasteiger partial charge in [-0.1, -0.05) is 48.5 Å². The zero-order chi connectivity index (χ0) is 17.6. The zero-order valence-corrected chi connectivity index (χ0v) is 14.3. The molecule has 0 aliphatic carbocycles. The third kappa shape index (κ3) is 4.48. The van der Waals surface area contributed by atoms with Crippen molar-refractivity contribution in [3.8, 4) is 5.75 Å². The second kappa shape index (κ2) is 7.99. The van der Waals surface area contributed by atoms with Crippen molar-refractivity contribution < 1.29 is 14.6 Å². The third-order valence-corrected chi connectivity index (χ3v) is 4.70. The molecule has 3 rings (SSSR count). The van der Waals surface area contributed by atoms with Gasteiger partial charge in [0.15, 0.2) is 0 Å². The first-order valence-corrected chi connectivity index (χ1v) is 8.47. The van der Waals surface area contributed by atoms with Crippen molar-refractivity contribution in [2.75, 3.05) is 20.2 Å². The zero-order valence-electron chi connectivity index (χ0n) is 14.3. The summed E-state index contributed by atoms with van der Waals surface area (Å²) >= 11 is 0. The smallest absolute Gasteiger partial charge is 0.327 e. The number of aliphatic carboxylic acids is 1. The van der Waals surface area contributed by atoms with E-state index in [1.165, 1.54) is 17.2 Å². The fourth-order valence-corrected chi connectivity index (χ4v) is 3.51. The molecule has 0 aromatic heterocycles. The van der Waals surface area contributed by atoms with Crippen molar-refractivity contribution in [2.24, 2.45) is 5.92 Å². The van der Waals surface area contributed by atoms with Crippen LogP contribution in [0, 0.1) is 5.92 Å². The van der Waals surface area contributed by atoms with E-state index >= 15 is 0 Å². The van der Waals surface area contributed by atoms with Gasteiger partial charge in [-0.3, -0.25) is 4.90 Å². The highest BCUT2D eigenvalue weighted by molar-refractivity contribution is 5.79. The fraction of sp³-hybridized carbons (Fsp3) is 0.286. The van der Waals surface area contributed by atoms with Crippen LogP contribution in [0.15, 0.2) is 66.7 Å². The molecule has 0 saturated carbocycles. The predicted octanol–water partition coefficient (Wildman–Crippen LogP) is 3.55. The number of hydrogen-bond acceptors (Lipinski definition) is 3. The van der Waals surface area contributed by atoms with Crippen LogP contribution in [0.5, 0.6) is 5.75 Å². The molecule has 1 N–H and O–H groups in total. The number of methoxy groups -OCH3 is 1. The molecule has 2 atom stereocenters. The number of carboxylic acids is 1. The van der Waals surface area contributed by atoms with Gasteiger partial charge in [0.2, 0.25) is 0 Å². The standard InChI is InChI=1S/C21H23NO3/c1-25-19-9-5-8-17(12-19)20-15-22(13-16-6-3-2-4-7-16)14-18(20)10-11-21(23)24/h2-12,18,20H,13-15H2,1H3,(H,23,24)/t18?,20-/m1/s1. The van der Waals surface area contributed by atoms with E-state index in [1.54, 1.807) is 7.11 Å². The Morgan fingerprint density at radius 2 is 2.00 bits per heavy atom. The van der Waals surface area contributed by atoms with Gasteiger partial charge in [0, 0.05) is 31.6 Å². The van der Waals surface area contributed by atoms with Gasteiger partial charge in [-0.15, -0.1) is 0 Å². The average Bonchev–Trinajstić information content (AvgIpc) is 3.03. The lowest BCUT2D eigenvalue weighted by atomic mass is 9.88. The Hall–Kier alpha value is -2.59. The van der Waals surface area contributed by atoms with Crippen molar-refractivity contribution >= 4 is 5.97 Å². The van der Waals surface area contributed by atoms with Gasteiger partial charge in [0.1, 0.15) is 5.75 Å². The summed E-state index contributed by atoms with van der Waals surface area (Å²) in [5, 5.41) is 8.99. The summed E-state index contributed by atoms with van der Waals surface area (Å²) in [4.78, 5) is 13.3. The number of likely N-dealkylation sites (tertiary alicyclic amines) is 1. The average molecular weight is 337 g/mol. The third-order valence-electron chi connectivity index (χ3n) is 4.70. The molecule has 1 aliphatic rings. The molecule has 1 aliphatic heterocycles. The van der Waals surface area contributed by atoms with E-state index in [2.05, 4.69) is 29.2 Å². The van der Waals surface area contributed by atoms with Gasteiger partial charge in [-0.25, -0.2) is 4.79 Å². The summed E-state index contributed by atoms with van der Waals surface area (Å²) in [6.45, 7) is 2.62. The summed E-state index contributed by atoms with van der Waals surface area (Å²) in [6.07, 6.45) is 3.10. The number of carboxylic acid groups (broad SMARTS) is 1. The Morgan fingerprint density at radius 3 is 2.72 bits per heavy atom. The first kappa shape index (κ1) is 17.2. The molecule has 1 heterocycles. The van der Waals surface area contributed by atoms with Gasteiger partial charge >= 0.3 is 5.97 Å². The van der Waals surface area contributed by atoms with Gasteiger partial charge in [0.05, 0.1) is 7.11 Å². The van der Waals surface area contributed by atoms with E-state index in [9.17, 15) is 4.79 Å². The molecule has 0 bridgehead atoms. The van der Waals surface area contributed by atoms with Gasteiger partial charge in [0.25, 0.3) is 0 Å². The molecule has 0 amide bonds. The maximum absolute atomic E-state index is 11.0. The van der Waals surface area contributed by atoms with Crippen LogP contribution in [0.25, 0.3) is 0 Å². The molecular weight excluding hydrogens is 314 g/mol. The second-order valence-electron chi connectivity index (χ2n) is 6.42. The molecule has 130 valence electrons. The highest BCUT2D eigenvalue weighted by Crippen LogP contribution is 2.35. The Morgan fingerprint density at radius 1 is 1.20 bits per heavy atom. The molecule has 2 aromatic rings. The first-order valence-electron chi connectivity index (χ1n) is 8.47. The lowest BCUT2D eigenvalue weighted by Crippen LogP contribution is -2.20. The topological polar surface area (TPSA) is 49.8 Å². The maximum atomic E-state index is 11.0. The highest BCUT2D eigenvalue weighted by Gasteiger charge is 2.32. The van der Waals surface area contributed by atoms with Crippen molar-refractivity contribution in [3.63, 3.8) is 0 Å². The monoisotopic (exact) mass is 337 g/mol. The SMILES string of the molecule is COc1cccc([C@H]2CN(Cc3ccccc3)CC2C=CC(=O)O)c1. The molecule has 1 unspecified atom stereocenters. The predicted molar refractivity (Wildman–Crippen MR) is 97.7 cm³/mol. The fourth-order valence-electron chi connectivity index (χ4n) is 3.51. The van der Waals surface area contributed by atoms with Crippen molar-refractivity contribution in [1.82, 2.24) is 4.90 Å². The minimum absolute atomic E-state index is 0.173. The van der Waals surface area contributed by atoms with E-state index in [1.807, 2.05) is 36.4 Å². The molecule has 25 heavy (non-hydrogen) atoms. The van der Waals surface area contributed by atoms with Crippen LogP contribution in [0.2, 0.25) is 0 Å². The van der Waals surface area contributed by atoms with Crippen LogP contribution >= 0.6 is 0 Å². The molecular formula is C21H23NO3. The summed E-state index contributed by atoms with van der Waals surface area (Å²) in [5.74, 6) is 0.368. The molecule has 4 nitrogen and oxygen atoms in total. The van der Waals surface area contributed by atoms with E-state index < -0.39 is 5.97 Å². The summed E-state index contributed by atoms with van der Waals surface area (Å²) in [7, 11) is 1.66. The molecule has 2 aromatic carbocycles. The number of hydrogen-bond donors (Lipinski definition) is 1. The molecule has 0 spiro atoms. The largest absolute Gasteiger partial charge is 0.497 e. The van der Waals surface area contributed by atoms with Gasteiger partial charge < -0.3 is 9.84 Å². The molecule has 0 radical (unpaired) electrons. The number of nitrogens with zero attached hydrogens (tertiary/aromatic N) is 1. The van der Waals surface area contributed by atoms with Crippen LogP contribution in [0.1, 0.15) is 17.0 Å². The molecule has 1 fully saturated rings. The van der Waals surface area contributed by atoms with E-state index in [0.717, 1.165) is 25.4 Å². The Balaban J connectivity index is 1.81. The van der Waals surface area contributed by atoms with Crippen LogP contribution < -0.4 is 4.74 Å². The first-order chi connectivity index (χ1) is 12.2. The normalized spacial score (nSPS) is 20.8. The number of rotatable bonds is 6. The van der Waals surface area contributed by atoms with Crippen molar-refractivity contribution in [1.29, 1.82) is 0 Å². The number of carbonyl (C=O) groups is 1. The molecule has 1 saturated heterocycles. The van der Waals surface area contributed by atoms with Gasteiger partial charge in [-0.05, 0) is 29.2 Å². The minimum Gasteiger partial charge on any atom is -0.497 e. The van der Waals surface area contributed by atoms with Crippen molar-refractivity contribution in [2.45, 2.75) is 12.5 Å². The maximum Gasteiger partial charge on any atom is 0.327 e.